The van der Waals surface area contributed by atoms with Crippen LogP contribution in [0.5, 0.6) is 0 Å². The van der Waals surface area contributed by atoms with Crippen molar-refractivity contribution in [1.29, 1.82) is 0 Å². The molecule has 0 heterocycles. The maximum Gasteiger partial charge on any atom is 0.416 e. The van der Waals surface area contributed by atoms with Gasteiger partial charge in [0, 0.05) is 12.1 Å². The van der Waals surface area contributed by atoms with Gasteiger partial charge < -0.3 is 11.1 Å². The fourth-order valence-electron chi connectivity index (χ4n) is 2.77. The fraction of sp³-hybridized carbons (Fsp3) is 0.562. The van der Waals surface area contributed by atoms with E-state index in [1.165, 1.54) is 18.6 Å². The minimum absolute atomic E-state index is 0.0637. The number of amides is 1. The number of nitrogens with two attached hydrogens (primary N) is 1. The van der Waals surface area contributed by atoms with Crippen molar-refractivity contribution >= 4 is 5.91 Å². The van der Waals surface area contributed by atoms with Gasteiger partial charge in [-0.05, 0) is 30.5 Å². The lowest BCUT2D eigenvalue weighted by Crippen LogP contribution is -2.51. The molecule has 0 aliphatic heterocycles. The summed E-state index contributed by atoms with van der Waals surface area (Å²) in [4.78, 5) is 11.9. The highest BCUT2D eigenvalue weighted by atomic mass is 19.4. The van der Waals surface area contributed by atoms with Gasteiger partial charge in [-0.3, -0.25) is 4.79 Å². The van der Waals surface area contributed by atoms with Crippen molar-refractivity contribution in [2.75, 3.05) is 6.54 Å². The minimum Gasteiger partial charge on any atom is -0.354 e. The molecule has 1 saturated carbocycles. The van der Waals surface area contributed by atoms with E-state index in [4.69, 9.17) is 5.73 Å². The number of carbonyl (C=O) groups excluding carboxylic acids is 1. The first-order chi connectivity index (χ1) is 10.3. The van der Waals surface area contributed by atoms with Crippen LogP contribution in [-0.4, -0.2) is 18.0 Å². The second kappa shape index (κ2) is 6.69. The summed E-state index contributed by atoms with van der Waals surface area (Å²) in [6, 6.07) is 4.66. The molecule has 2 rings (SSSR count). The van der Waals surface area contributed by atoms with Crippen molar-refractivity contribution in [3.8, 4) is 0 Å². The van der Waals surface area contributed by atoms with Crippen LogP contribution in [0.3, 0.4) is 0 Å². The zero-order chi connectivity index (χ0) is 16.2. The summed E-state index contributed by atoms with van der Waals surface area (Å²) in [6.07, 6.45) is 0.831. The predicted octanol–water partition coefficient (Wildman–Crippen LogP) is 3.03. The molecule has 1 aromatic rings. The molecule has 0 radical (unpaired) electrons. The number of nitrogens with one attached hydrogen (secondary N) is 1. The van der Waals surface area contributed by atoms with Gasteiger partial charge in [-0.15, -0.1) is 0 Å². The van der Waals surface area contributed by atoms with Gasteiger partial charge in [0.1, 0.15) is 0 Å². The van der Waals surface area contributed by atoms with Gasteiger partial charge >= 0.3 is 6.18 Å². The molecule has 3 N–H and O–H groups in total. The Morgan fingerprint density at radius 3 is 2.27 bits per heavy atom. The summed E-state index contributed by atoms with van der Waals surface area (Å²) in [6.45, 7) is 0.423. The SMILES string of the molecule is NC1(CNC(=O)Cc2ccc(C(F)(F)F)cc2)CCCCC1. The van der Waals surface area contributed by atoms with Gasteiger partial charge in [-0.2, -0.15) is 13.2 Å². The number of benzene rings is 1. The smallest absolute Gasteiger partial charge is 0.354 e. The zero-order valence-corrected chi connectivity index (χ0v) is 12.4. The lowest BCUT2D eigenvalue weighted by atomic mass is 9.82. The van der Waals surface area contributed by atoms with Gasteiger partial charge in [0.05, 0.1) is 12.0 Å². The maximum absolute atomic E-state index is 12.5. The Labute approximate surface area is 128 Å². The molecule has 0 spiro atoms. The average Bonchev–Trinajstić information content (AvgIpc) is 2.46. The Kier molecular flexibility index (Phi) is 5.11. The van der Waals surface area contributed by atoms with Crippen LogP contribution < -0.4 is 11.1 Å². The molecule has 122 valence electrons. The topological polar surface area (TPSA) is 55.1 Å². The quantitative estimate of drug-likeness (QED) is 0.897. The van der Waals surface area contributed by atoms with Gasteiger partial charge in [0.25, 0.3) is 0 Å². The second-order valence-corrected chi connectivity index (χ2v) is 6.07. The highest BCUT2D eigenvalue weighted by Gasteiger charge is 2.30. The first-order valence-electron chi connectivity index (χ1n) is 7.50. The number of hydrogen-bond donors (Lipinski definition) is 2. The summed E-state index contributed by atoms with van der Waals surface area (Å²) < 4.78 is 37.4. The molecule has 1 aliphatic carbocycles. The lowest BCUT2D eigenvalue weighted by molar-refractivity contribution is -0.137. The summed E-state index contributed by atoms with van der Waals surface area (Å²) in [5.74, 6) is -0.213. The molecular formula is C16H21F3N2O. The third-order valence-corrected chi connectivity index (χ3v) is 4.13. The summed E-state index contributed by atoms with van der Waals surface area (Å²) in [5.41, 5.74) is 5.74. The largest absolute Gasteiger partial charge is 0.416 e. The van der Waals surface area contributed by atoms with Gasteiger partial charge in [-0.1, -0.05) is 31.4 Å². The van der Waals surface area contributed by atoms with Crippen molar-refractivity contribution in [2.24, 2.45) is 5.73 Å². The Bertz CT molecular complexity index is 505. The third kappa shape index (κ3) is 4.73. The first kappa shape index (κ1) is 16.8. The standard InChI is InChI=1S/C16H21F3N2O/c17-16(18,19)13-6-4-12(5-7-13)10-14(22)21-11-15(20)8-2-1-3-9-15/h4-7H,1-3,8-11,20H2,(H,21,22). The molecule has 0 unspecified atom stereocenters. The Morgan fingerprint density at radius 1 is 1.14 bits per heavy atom. The van der Waals surface area contributed by atoms with E-state index in [1.807, 2.05) is 0 Å². The molecule has 6 heteroatoms. The van der Waals surface area contributed by atoms with Crippen molar-refractivity contribution < 1.29 is 18.0 Å². The monoisotopic (exact) mass is 314 g/mol. The van der Waals surface area contributed by atoms with E-state index in [9.17, 15) is 18.0 Å². The molecule has 0 bridgehead atoms. The van der Waals surface area contributed by atoms with Gasteiger partial charge in [0.2, 0.25) is 5.91 Å². The Morgan fingerprint density at radius 2 is 1.73 bits per heavy atom. The summed E-state index contributed by atoms with van der Waals surface area (Å²) >= 11 is 0. The van der Waals surface area contributed by atoms with Crippen LogP contribution in [0.15, 0.2) is 24.3 Å². The first-order valence-corrected chi connectivity index (χ1v) is 7.50. The van der Waals surface area contributed by atoms with Gasteiger partial charge in [0.15, 0.2) is 0 Å². The molecule has 1 aliphatic rings. The molecule has 1 fully saturated rings. The van der Waals surface area contributed by atoms with Crippen molar-refractivity contribution in [3.05, 3.63) is 35.4 Å². The zero-order valence-electron chi connectivity index (χ0n) is 12.4. The molecule has 0 aromatic heterocycles. The van der Waals surface area contributed by atoms with Crippen LogP contribution in [-0.2, 0) is 17.4 Å². The molecule has 22 heavy (non-hydrogen) atoms. The number of rotatable bonds is 4. The van der Waals surface area contributed by atoms with Crippen LogP contribution in [0.2, 0.25) is 0 Å². The van der Waals surface area contributed by atoms with E-state index in [-0.39, 0.29) is 17.9 Å². The minimum atomic E-state index is -4.35. The van der Waals surface area contributed by atoms with Crippen molar-refractivity contribution in [1.82, 2.24) is 5.32 Å². The number of carbonyl (C=O) groups is 1. The Balaban J connectivity index is 1.84. The predicted molar refractivity (Wildman–Crippen MR) is 78.2 cm³/mol. The molecular weight excluding hydrogens is 293 g/mol. The van der Waals surface area contributed by atoms with E-state index in [0.29, 0.717) is 12.1 Å². The van der Waals surface area contributed by atoms with Crippen molar-refractivity contribution in [3.63, 3.8) is 0 Å². The van der Waals surface area contributed by atoms with E-state index in [2.05, 4.69) is 5.32 Å². The van der Waals surface area contributed by atoms with E-state index >= 15 is 0 Å². The maximum atomic E-state index is 12.5. The van der Waals surface area contributed by atoms with E-state index < -0.39 is 11.7 Å². The van der Waals surface area contributed by atoms with Crippen molar-refractivity contribution in [2.45, 2.75) is 50.2 Å². The van der Waals surface area contributed by atoms with E-state index in [1.54, 1.807) is 0 Å². The molecule has 3 nitrogen and oxygen atoms in total. The van der Waals surface area contributed by atoms with Crippen LogP contribution in [0.4, 0.5) is 13.2 Å². The highest BCUT2D eigenvalue weighted by Crippen LogP contribution is 2.29. The van der Waals surface area contributed by atoms with Crippen LogP contribution in [0, 0.1) is 0 Å². The third-order valence-electron chi connectivity index (χ3n) is 4.13. The van der Waals surface area contributed by atoms with Crippen LogP contribution in [0.25, 0.3) is 0 Å². The normalized spacial score (nSPS) is 18.0. The molecule has 0 atom stereocenters. The van der Waals surface area contributed by atoms with E-state index in [0.717, 1.165) is 37.8 Å². The highest BCUT2D eigenvalue weighted by molar-refractivity contribution is 5.78. The number of alkyl halides is 3. The summed E-state index contributed by atoms with van der Waals surface area (Å²) in [7, 11) is 0. The van der Waals surface area contributed by atoms with Gasteiger partial charge in [-0.25, -0.2) is 0 Å². The average molecular weight is 314 g/mol. The molecule has 1 amide bonds. The molecule has 0 saturated heterocycles. The Hall–Kier alpha value is -1.56. The van der Waals surface area contributed by atoms with Crippen LogP contribution in [0.1, 0.15) is 43.2 Å². The van der Waals surface area contributed by atoms with Crippen LogP contribution >= 0.6 is 0 Å². The molecule has 1 aromatic carbocycles. The number of hydrogen-bond acceptors (Lipinski definition) is 2. The summed E-state index contributed by atoms with van der Waals surface area (Å²) in [5, 5.41) is 2.80. The second-order valence-electron chi connectivity index (χ2n) is 6.07. The fourth-order valence-corrected chi connectivity index (χ4v) is 2.77. The number of halogens is 3. The lowest BCUT2D eigenvalue weighted by Gasteiger charge is -2.33.